The van der Waals surface area contributed by atoms with Crippen LogP contribution >= 0.6 is 34.8 Å². The van der Waals surface area contributed by atoms with Crippen LogP contribution in [0.15, 0.2) is 60.7 Å². The highest BCUT2D eigenvalue weighted by molar-refractivity contribution is 6.68. The third kappa shape index (κ3) is 6.22. The molecule has 0 aliphatic rings. The molecular formula is C17H13Cl3N2O4. The molecule has 2 rings (SSSR count). The Kier molecular flexibility index (Phi) is 6.85. The molecule has 6 nitrogen and oxygen atoms in total. The Morgan fingerprint density at radius 3 is 2.46 bits per heavy atom. The van der Waals surface area contributed by atoms with Crippen molar-refractivity contribution < 1.29 is 14.5 Å². The predicted octanol–water partition coefficient (Wildman–Crippen LogP) is 4.50. The SMILES string of the molecule is O=C(/C=C/c1ccccc1)NC(Oc1cccc([N+](=O)[O-])c1)C(Cl)(Cl)Cl. The van der Waals surface area contributed by atoms with Gasteiger partial charge >= 0.3 is 0 Å². The minimum absolute atomic E-state index is 0.0721. The maximum absolute atomic E-state index is 12.1. The second-order valence-corrected chi connectivity index (χ2v) is 7.42. The summed E-state index contributed by atoms with van der Waals surface area (Å²) in [5.41, 5.74) is 0.619. The van der Waals surface area contributed by atoms with E-state index >= 15 is 0 Å². The average Bonchev–Trinajstić information content (AvgIpc) is 2.60. The van der Waals surface area contributed by atoms with Crippen LogP contribution in [-0.2, 0) is 4.79 Å². The maximum Gasteiger partial charge on any atom is 0.273 e. The number of amides is 1. The van der Waals surface area contributed by atoms with Crippen molar-refractivity contribution in [1.82, 2.24) is 5.32 Å². The number of hydrogen-bond donors (Lipinski definition) is 1. The van der Waals surface area contributed by atoms with Crippen LogP contribution in [-0.4, -0.2) is 20.9 Å². The number of nitrogens with one attached hydrogen (secondary N) is 1. The first kappa shape index (κ1) is 20.0. The van der Waals surface area contributed by atoms with Gasteiger partial charge in [-0.2, -0.15) is 0 Å². The van der Waals surface area contributed by atoms with Crippen molar-refractivity contribution in [3.05, 3.63) is 76.4 Å². The first-order valence-electron chi connectivity index (χ1n) is 7.27. The normalized spacial score (nSPS) is 12.6. The molecule has 0 saturated heterocycles. The summed E-state index contributed by atoms with van der Waals surface area (Å²) in [4.78, 5) is 22.3. The van der Waals surface area contributed by atoms with E-state index in [9.17, 15) is 14.9 Å². The molecule has 1 unspecified atom stereocenters. The summed E-state index contributed by atoms with van der Waals surface area (Å²) < 4.78 is 3.43. The molecule has 0 spiro atoms. The Bertz CT molecular complexity index is 807. The fourth-order valence-electron chi connectivity index (χ4n) is 1.90. The van der Waals surface area contributed by atoms with Gasteiger partial charge in [-0.15, -0.1) is 0 Å². The number of halogens is 3. The maximum atomic E-state index is 12.1. The van der Waals surface area contributed by atoms with Crippen LogP contribution in [0.3, 0.4) is 0 Å². The lowest BCUT2D eigenvalue weighted by molar-refractivity contribution is -0.384. The van der Waals surface area contributed by atoms with Crippen molar-refractivity contribution in [1.29, 1.82) is 0 Å². The van der Waals surface area contributed by atoms with Crippen LogP contribution in [0.4, 0.5) is 5.69 Å². The Labute approximate surface area is 164 Å². The summed E-state index contributed by atoms with van der Waals surface area (Å²) in [6, 6.07) is 14.4. The second-order valence-electron chi connectivity index (χ2n) is 5.05. The number of carbonyl (C=O) groups excluding carboxylic acids is 1. The van der Waals surface area contributed by atoms with E-state index in [0.717, 1.165) is 11.6 Å². The smallest absolute Gasteiger partial charge is 0.273 e. The van der Waals surface area contributed by atoms with Crippen LogP contribution < -0.4 is 10.1 Å². The largest absolute Gasteiger partial charge is 0.466 e. The zero-order valence-corrected chi connectivity index (χ0v) is 15.4. The molecule has 0 saturated carbocycles. The van der Waals surface area contributed by atoms with Crippen molar-refractivity contribution in [2.45, 2.75) is 10.0 Å². The number of non-ortho nitro benzene ring substituents is 1. The summed E-state index contributed by atoms with van der Waals surface area (Å²) in [5, 5.41) is 13.2. The standard InChI is InChI=1S/C17H13Cl3N2O4/c18-17(19,20)16(26-14-8-4-7-13(11-14)22(24)25)21-15(23)10-9-12-5-2-1-3-6-12/h1-11,16H,(H,21,23)/b10-9+. The van der Waals surface area contributed by atoms with Gasteiger partial charge < -0.3 is 10.1 Å². The van der Waals surface area contributed by atoms with Gasteiger partial charge in [0.1, 0.15) is 5.75 Å². The molecule has 2 aromatic rings. The van der Waals surface area contributed by atoms with Crippen LogP contribution in [0.2, 0.25) is 0 Å². The van der Waals surface area contributed by atoms with Gasteiger partial charge in [-0.3, -0.25) is 14.9 Å². The van der Waals surface area contributed by atoms with E-state index in [0.29, 0.717) is 0 Å². The fraction of sp³-hybridized carbons (Fsp3) is 0.118. The Morgan fingerprint density at radius 2 is 1.85 bits per heavy atom. The van der Waals surface area contributed by atoms with Crippen LogP contribution in [0.1, 0.15) is 5.56 Å². The summed E-state index contributed by atoms with van der Waals surface area (Å²) in [6.45, 7) is 0. The second kappa shape index (κ2) is 8.89. The molecule has 1 N–H and O–H groups in total. The molecule has 0 fully saturated rings. The first-order chi connectivity index (χ1) is 12.3. The van der Waals surface area contributed by atoms with E-state index in [1.165, 1.54) is 24.3 Å². The van der Waals surface area contributed by atoms with E-state index in [1.54, 1.807) is 6.08 Å². The highest BCUT2D eigenvalue weighted by atomic mass is 35.6. The molecule has 0 radical (unpaired) electrons. The number of benzene rings is 2. The fourth-order valence-corrected chi connectivity index (χ4v) is 2.20. The average molecular weight is 416 g/mol. The molecule has 0 bridgehead atoms. The lowest BCUT2D eigenvalue weighted by Gasteiger charge is -2.25. The summed E-state index contributed by atoms with van der Waals surface area (Å²) >= 11 is 17.5. The first-order valence-corrected chi connectivity index (χ1v) is 8.40. The number of nitro groups is 1. The number of nitrogens with zero attached hydrogens (tertiary/aromatic N) is 1. The van der Waals surface area contributed by atoms with Crippen molar-refractivity contribution in [2.24, 2.45) is 0 Å². The summed E-state index contributed by atoms with van der Waals surface area (Å²) in [6.07, 6.45) is 1.48. The van der Waals surface area contributed by atoms with E-state index in [4.69, 9.17) is 39.5 Å². The topological polar surface area (TPSA) is 81.5 Å². The van der Waals surface area contributed by atoms with Crippen molar-refractivity contribution in [3.63, 3.8) is 0 Å². The van der Waals surface area contributed by atoms with Crippen molar-refractivity contribution in [2.75, 3.05) is 0 Å². The predicted molar refractivity (Wildman–Crippen MR) is 101 cm³/mol. The Hall–Kier alpha value is -2.28. The highest BCUT2D eigenvalue weighted by Crippen LogP contribution is 2.32. The lowest BCUT2D eigenvalue weighted by atomic mass is 10.2. The molecule has 0 aliphatic carbocycles. The van der Waals surface area contributed by atoms with Crippen molar-refractivity contribution in [3.8, 4) is 5.75 Å². The molecule has 26 heavy (non-hydrogen) atoms. The van der Waals surface area contributed by atoms with Crippen LogP contribution in [0, 0.1) is 10.1 Å². The van der Waals surface area contributed by atoms with E-state index in [1.807, 2.05) is 30.3 Å². The Morgan fingerprint density at radius 1 is 1.15 bits per heavy atom. The monoisotopic (exact) mass is 414 g/mol. The van der Waals surface area contributed by atoms with Gasteiger partial charge in [-0.25, -0.2) is 0 Å². The molecule has 136 valence electrons. The van der Waals surface area contributed by atoms with Gasteiger partial charge in [0.05, 0.1) is 11.0 Å². The zero-order chi connectivity index (χ0) is 19.2. The molecular weight excluding hydrogens is 403 g/mol. The molecule has 1 atom stereocenters. The third-order valence-corrected chi connectivity index (χ3v) is 3.67. The van der Waals surface area contributed by atoms with E-state index in [-0.39, 0.29) is 11.4 Å². The molecule has 0 aliphatic heterocycles. The third-order valence-electron chi connectivity index (χ3n) is 3.08. The summed E-state index contributed by atoms with van der Waals surface area (Å²) in [5.74, 6) is -0.488. The van der Waals surface area contributed by atoms with Crippen molar-refractivity contribution >= 4 is 52.5 Å². The number of rotatable bonds is 6. The number of hydrogen-bond acceptors (Lipinski definition) is 4. The van der Waals surface area contributed by atoms with Gasteiger partial charge in [0.15, 0.2) is 0 Å². The number of nitro benzene ring substituents is 1. The van der Waals surface area contributed by atoms with Gasteiger partial charge in [0.25, 0.3) is 5.69 Å². The lowest BCUT2D eigenvalue weighted by Crippen LogP contribution is -2.47. The quantitative estimate of drug-likeness (QED) is 0.248. The minimum atomic E-state index is -2.00. The Balaban J connectivity index is 2.10. The van der Waals surface area contributed by atoms with Gasteiger partial charge in [-0.1, -0.05) is 71.2 Å². The van der Waals surface area contributed by atoms with Gasteiger partial charge in [0, 0.05) is 12.1 Å². The van der Waals surface area contributed by atoms with E-state index < -0.39 is 20.9 Å². The molecule has 9 heteroatoms. The number of alkyl halides is 3. The minimum Gasteiger partial charge on any atom is -0.466 e. The number of carbonyl (C=O) groups is 1. The molecule has 1 amide bonds. The zero-order valence-electron chi connectivity index (χ0n) is 13.1. The van der Waals surface area contributed by atoms with E-state index in [2.05, 4.69) is 5.32 Å². The molecule has 2 aromatic carbocycles. The molecule has 0 heterocycles. The highest BCUT2D eigenvalue weighted by Gasteiger charge is 2.36. The summed E-state index contributed by atoms with van der Waals surface area (Å²) in [7, 11) is 0. The van der Waals surface area contributed by atoms with Gasteiger partial charge in [0.2, 0.25) is 15.9 Å². The number of ether oxygens (including phenoxy) is 1. The van der Waals surface area contributed by atoms with Gasteiger partial charge in [-0.05, 0) is 17.7 Å². The van der Waals surface area contributed by atoms with Crippen LogP contribution in [0.5, 0.6) is 5.75 Å². The van der Waals surface area contributed by atoms with Crippen LogP contribution in [0.25, 0.3) is 6.08 Å². The molecule has 0 aromatic heterocycles.